The molecule has 0 aliphatic rings. The number of carbonyl (C=O) groups excluding carboxylic acids is 1. The highest BCUT2D eigenvalue weighted by Crippen LogP contribution is 2.31. The molecule has 0 fully saturated rings. The number of halogens is 3. The van der Waals surface area contributed by atoms with Gasteiger partial charge in [0.1, 0.15) is 0 Å². The number of benzene rings is 2. The molecule has 0 aliphatic carbocycles. The van der Waals surface area contributed by atoms with Crippen LogP contribution in [0.4, 0.5) is 24.5 Å². The van der Waals surface area contributed by atoms with Gasteiger partial charge in [0.25, 0.3) is 0 Å². The monoisotopic (exact) mass is 379 g/mol. The Morgan fingerprint density at radius 2 is 1.78 bits per heavy atom. The number of hydrogen-bond donors (Lipinski definition) is 3. The smallest absolute Gasteiger partial charge is 0.416 e. The third-order valence-electron chi connectivity index (χ3n) is 3.94. The molecule has 0 radical (unpaired) electrons. The van der Waals surface area contributed by atoms with Crippen LogP contribution in [0, 0.1) is 0 Å². The summed E-state index contributed by atoms with van der Waals surface area (Å²) in [6.07, 6.45) is -4.47. The van der Waals surface area contributed by atoms with Crippen LogP contribution in [0.2, 0.25) is 0 Å². The van der Waals surface area contributed by atoms with Crippen LogP contribution in [-0.4, -0.2) is 13.1 Å². The maximum atomic E-state index is 12.9. The molecule has 0 aromatic heterocycles. The quantitative estimate of drug-likeness (QED) is 0.417. The van der Waals surface area contributed by atoms with E-state index < -0.39 is 23.8 Å². The Balaban J connectivity index is 2.40. The molecule has 0 bridgehead atoms. The maximum Gasteiger partial charge on any atom is 0.416 e. The van der Waals surface area contributed by atoms with Crippen molar-refractivity contribution in [2.75, 3.05) is 18.2 Å². The lowest BCUT2D eigenvalue weighted by molar-refractivity contribution is -0.138. The van der Waals surface area contributed by atoms with E-state index in [1.807, 2.05) is 0 Å². The van der Waals surface area contributed by atoms with Gasteiger partial charge in [-0.3, -0.25) is 0 Å². The van der Waals surface area contributed by atoms with E-state index in [0.717, 1.165) is 12.1 Å². The predicted octanol–water partition coefficient (Wildman–Crippen LogP) is 3.85. The first kappa shape index (κ1) is 20.3. The fourth-order valence-corrected chi connectivity index (χ4v) is 2.55. The molecule has 8 heteroatoms. The summed E-state index contributed by atoms with van der Waals surface area (Å²) in [5.74, 6) is -0.684. The molecule has 2 rings (SSSR count). The van der Waals surface area contributed by atoms with Crippen molar-refractivity contribution in [3.05, 3.63) is 70.9 Å². The van der Waals surface area contributed by atoms with Gasteiger partial charge in [-0.05, 0) is 42.8 Å². The van der Waals surface area contributed by atoms with Gasteiger partial charge < -0.3 is 21.5 Å². The summed E-state index contributed by atoms with van der Waals surface area (Å²) in [5.41, 5.74) is 12.7. The van der Waals surface area contributed by atoms with Gasteiger partial charge in [0.15, 0.2) is 0 Å². The highest BCUT2D eigenvalue weighted by molar-refractivity contribution is 5.91. The standard InChI is InChI=1S/C19H20F3N3O2/c1-11(25-15-5-3-4-13(10-15)19(20,21)22)16(18(26)27-2)17(24)12-6-8-14(23)9-7-12/h3-10,17,25H,23-24H2,1-2H3/b16-11+/t17-/m1/s1. The number of esters is 1. The molecule has 0 spiro atoms. The average molecular weight is 379 g/mol. The van der Waals surface area contributed by atoms with Crippen molar-refractivity contribution >= 4 is 17.3 Å². The van der Waals surface area contributed by atoms with Crippen LogP contribution in [0.5, 0.6) is 0 Å². The molecule has 0 saturated carbocycles. The lowest BCUT2D eigenvalue weighted by Crippen LogP contribution is -2.23. The van der Waals surface area contributed by atoms with Crippen molar-refractivity contribution in [2.24, 2.45) is 5.73 Å². The van der Waals surface area contributed by atoms with E-state index in [-0.39, 0.29) is 17.0 Å². The fraction of sp³-hybridized carbons (Fsp3) is 0.211. The molecule has 0 aliphatic heterocycles. The molecule has 0 amide bonds. The van der Waals surface area contributed by atoms with Crippen LogP contribution in [0.3, 0.4) is 0 Å². The summed E-state index contributed by atoms with van der Waals surface area (Å²) in [6, 6.07) is 10.4. The number of anilines is 2. The molecule has 5 N–H and O–H groups in total. The second-order valence-electron chi connectivity index (χ2n) is 5.88. The molecule has 27 heavy (non-hydrogen) atoms. The van der Waals surface area contributed by atoms with Crippen LogP contribution in [-0.2, 0) is 15.7 Å². The number of hydrogen-bond acceptors (Lipinski definition) is 5. The molecule has 0 saturated heterocycles. The molecule has 2 aromatic carbocycles. The fourth-order valence-electron chi connectivity index (χ4n) is 2.55. The molecule has 5 nitrogen and oxygen atoms in total. The van der Waals surface area contributed by atoms with E-state index in [4.69, 9.17) is 16.2 Å². The van der Waals surface area contributed by atoms with Gasteiger partial charge in [-0.25, -0.2) is 4.79 Å². The van der Waals surface area contributed by atoms with Crippen molar-refractivity contribution in [3.63, 3.8) is 0 Å². The third-order valence-corrected chi connectivity index (χ3v) is 3.94. The number of nitrogen functional groups attached to an aromatic ring is 1. The molecule has 0 unspecified atom stereocenters. The normalized spacial score (nSPS) is 13.6. The molecule has 0 heterocycles. The van der Waals surface area contributed by atoms with Gasteiger partial charge in [-0.15, -0.1) is 0 Å². The zero-order chi connectivity index (χ0) is 20.2. The Bertz CT molecular complexity index is 846. The number of alkyl halides is 3. The Labute approximate surface area is 154 Å². The van der Waals surface area contributed by atoms with Crippen molar-refractivity contribution in [2.45, 2.75) is 19.1 Å². The van der Waals surface area contributed by atoms with Gasteiger partial charge in [-0.1, -0.05) is 18.2 Å². The number of rotatable bonds is 5. The number of ether oxygens (including phenoxy) is 1. The van der Waals surface area contributed by atoms with E-state index in [9.17, 15) is 18.0 Å². The maximum absolute atomic E-state index is 12.9. The number of allylic oxidation sites excluding steroid dienone is 1. The molecular formula is C19H20F3N3O2. The van der Waals surface area contributed by atoms with Crippen LogP contribution in [0.25, 0.3) is 0 Å². The third kappa shape index (κ3) is 5.01. The predicted molar refractivity (Wildman–Crippen MR) is 97.6 cm³/mol. The average Bonchev–Trinajstić information content (AvgIpc) is 2.61. The minimum atomic E-state index is -4.47. The van der Waals surface area contributed by atoms with E-state index in [1.54, 1.807) is 31.2 Å². The molecule has 144 valence electrons. The summed E-state index contributed by atoms with van der Waals surface area (Å²) in [7, 11) is 1.20. The minimum absolute atomic E-state index is 0.0969. The van der Waals surface area contributed by atoms with E-state index in [0.29, 0.717) is 11.3 Å². The van der Waals surface area contributed by atoms with Crippen LogP contribution in [0.15, 0.2) is 59.8 Å². The first-order chi connectivity index (χ1) is 12.6. The number of methoxy groups -OCH3 is 1. The van der Waals surface area contributed by atoms with Crippen molar-refractivity contribution in [1.29, 1.82) is 0 Å². The first-order valence-electron chi connectivity index (χ1n) is 7.98. The lowest BCUT2D eigenvalue weighted by Gasteiger charge is -2.19. The lowest BCUT2D eigenvalue weighted by atomic mass is 9.97. The van der Waals surface area contributed by atoms with Crippen LogP contribution in [0.1, 0.15) is 24.1 Å². The number of nitrogens with two attached hydrogens (primary N) is 2. The Hall–Kier alpha value is -3.00. The van der Waals surface area contributed by atoms with Gasteiger partial charge in [-0.2, -0.15) is 13.2 Å². The number of carbonyl (C=O) groups is 1. The highest BCUT2D eigenvalue weighted by atomic mass is 19.4. The Morgan fingerprint density at radius 1 is 1.15 bits per heavy atom. The van der Waals surface area contributed by atoms with E-state index >= 15 is 0 Å². The minimum Gasteiger partial charge on any atom is -0.466 e. The van der Waals surface area contributed by atoms with Crippen molar-refractivity contribution < 1.29 is 22.7 Å². The van der Waals surface area contributed by atoms with E-state index in [1.165, 1.54) is 19.2 Å². The van der Waals surface area contributed by atoms with Crippen LogP contribution < -0.4 is 16.8 Å². The summed E-state index contributed by atoms with van der Waals surface area (Å²) in [6.45, 7) is 1.55. The largest absolute Gasteiger partial charge is 0.466 e. The first-order valence-corrected chi connectivity index (χ1v) is 7.98. The zero-order valence-corrected chi connectivity index (χ0v) is 14.8. The number of nitrogens with one attached hydrogen (secondary N) is 1. The summed E-state index contributed by atoms with van der Waals surface area (Å²) < 4.78 is 43.4. The summed E-state index contributed by atoms with van der Waals surface area (Å²) in [5, 5.41) is 2.81. The second kappa shape index (κ2) is 8.13. The van der Waals surface area contributed by atoms with E-state index in [2.05, 4.69) is 5.32 Å². The highest BCUT2D eigenvalue weighted by Gasteiger charge is 2.30. The topological polar surface area (TPSA) is 90.4 Å². The zero-order valence-electron chi connectivity index (χ0n) is 14.8. The van der Waals surface area contributed by atoms with Gasteiger partial charge in [0.2, 0.25) is 0 Å². The van der Waals surface area contributed by atoms with Crippen molar-refractivity contribution in [3.8, 4) is 0 Å². The Morgan fingerprint density at radius 3 is 2.33 bits per heavy atom. The second-order valence-corrected chi connectivity index (χ2v) is 5.88. The Kier molecular flexibility index (Phi) is 6.12. The van der Waals surface area contributed by atoms with Crippen molar-refractivity contribution in [1.82, 2.24) is 0 Å². The summed E-state index contributed by atoms with van der Waals surface area (Å²) in [4.78, 5) is 12.2. The van der Waals surface area contributed by atoms with Gasteiger partial charge in [0.05, 0.1) is 24.3 Å². The van der Waals surface area contributed by atoms with Crippen LogP contribution >= 0.6 is 0 Å². The molecule has 1 atom stereocenters. The van der Waals surface area contributed by atoms with Gasteiger partial charge >= 0.3 is 12.1 Å². The molecular weight excluding hydrogens is 359 g/mol. The SMILES string of the molecule is COC(=O)/C(=C(\C)Nc1cccc(C(F)(F)F)c1)[C@H](N)c1ccc(N)cc1. The summed E-state index contributed by atoms with van der Waals surface area (Å²) >= 11 is 0. The van der Waals surface area contributed by atoms with Gasteiger partial charge in [0, 0.05) is 17.1 Å². The molecule has 2 aromatic rings.